The molecule has 4 aromatic rings. The molecule has 1 aromatic carbocycles. The van der Waals surface area contributed by atoms with Crippen molar-refractivity contribution in [2.45, 2.75) is 23.9 Å². The van der Waals surface area contributed by atoms with Crippen LogP contribution in [0, 0.1) is 0 Å². The summed E-state index contributed by atoms with van der Waals surface area (Å²) in [7, 11) is 0. The van der Waals surface area contributed by atoms with Gasteiger partial charge >= 0.3 is 0 Å². The molecule has 1 fully saturated rings. The van der Waals surface area contributed by atoms with Crippen molar-refractivity contribution in [2.75, 3.05) is 12.3 Å². The fraction of sp³-hybridized carbons (Fsp3) is 0.227. The van der Waals surface area contributed by atoms with Crippen LogP contribution in [-0.4, -0.2) is 33.1 Å². The van der Waals surface area contributed by atoms with E-state index in [1.807, 2.05) is 23.1 Å². The fourth-order valence-corrected chi connectivity index (χ4v) is 6.59. The highest BCUT2D eigenvalue weighted by Crippen LogP contribution is 2.39. The van der Waals surface area contributed by atoms with E-state index in [-0.39, 0.29) is 11.9 Å². The van der Waals surface area contributed by atoms with E-state index in [2.05, 4.69) is 45.0 Å². The van der Waals surface area contributed by atoms with Crippen LogP contribution in [0.1, 0.15) is 23.8 Å². The smallest absolute Gasteiger partial charge is 0.233 e. The maximum absolute atomic E-state index is 13.0. The molecule has 5 rings (SSSR count). The molecule has 1 amide bonds. The quantitative estimate of drug-likeness (QED) is 0.289. The first kappa shape index (κ1) is 18.8. The second-order valence-electron chi connectivity index (χ2n) is 6.92. The number of thioether (sulfide) groups is 1. The Morgan fingerprint density at radius 3 is 2.86 bits per heavy atom. The molecule has 0 spiro atoms. The van der Waals surface area contributed by atoms with E-state index in [0.717, 1.165) is 45.8 Å². The van der Waals surface area contributed by atoms with Crippen molar-refractivity contribution >= 4 is 50.6 Å². The number of rotatable bonds is 5. The van der Waals surface area contributed by atoms with Crippen LogP contribution in [0.3, 0.4) is 0 Å². The van der Waals surface area contributed by atoms with Gasteiger partial charge in [0.2, 0.25) is 5.91 Å². The molecule has 4 nitrogen and oxygen atoms in total. The minimum absolute atomic E-state index is 0.189. The summed E-state index contributed by atoms with van der Waals surface area (Å²) in [6.07, 6.45) is 3.72. The summed E-state index contributed by atoms with van der Waals surface area (Å²) in [6.45, 7) is 0.842. The normalized spacial score (nSPS) is 16.6. The van der Waals surface area contributed by atoms with Crippen LogP contribution in [0.4, 0.5) is 0 Å². The van der Waals surface area contributed by atoms with E-state index in [4.69, 9.17) is 0 Å². The number of carbonyl (C=O) groups is 1. The van der Waals surface area contributed by atoms with E-state index in [1.165, 1.54) is 16.6 Å². The Balaban J connectivity index is 1.38. The molecule has 0 aliphatic carbocycles. The van der Waals surface area contributed by atoms with Crippen LogP contribution < -0.4 is 0 Å². The molecular formula is C22H19N3OS3. The van der Waals surface area contributed by atoms with Crippen LogP contribution in [0.25, 0.3) is 21.3 Å². The molecule has 29 heavy (non-hydrogen) atoms. The number of fused-ring (bicyclic) bond motifs is 1. The van der Waals surface area contributed by atoms with Gasteiger partial charge in [0.15, 0.2) is 0 Å². The molecule has 4 heterocycles. The van der Waals surface area contributed by atoms with Gasteiger partial charge in [-0.15, -0.1) is 22.7 Å². The molecule has 146 valence electrons. The minimum Gasteiger partial charge on any atom is -0.334 e. The first-order chi connectivity index (χ1) is 14.3. The molecule has 7 heteroatoms. The Morgan fingerprint density at radius 1 is 1.14 bits per heavy atom. The van der Waals surface area contributed by atoms with Crippen LogP contribution >= 0.6 is 34.4 Å². The molecule has 1 saturated heterocycles. The molecule has 1 unspecified atom stereocenters. The van der Waals surface area contributed by atoms with Gasteiger partial charge in [0, 0.05) is 22.4 Å². The summed E-state index contributed by atoms with van der Waals surface area (Å²) in [4.78, 5) is 26.3. The summed E-state index contributed by atoms with van der Waals surface area (Å²) < 4.78 is 0. The van der Waals surface area contributed by atoms with Gasteiger partial charge in [0.1, 0.15) is 16.2 Å². The molecular weight excluding hydrogens is 418 g/mol. The Morgan fingerprint density at radius 2 is 2.03 bits per heavy atom. The molecule has 0 bridgehead atoms. The van der Waals surface area contributed by atoms with Crippen molar-refractivity contribution in [2.24, 2.45) is 0 Å². The SMILES string of the molecule is O=C(CSc1ncnc2scc(-c3ccccc3)c12)N1CCCC1c1cccs1. The number of likely N-dealkylation sites (tertiary alicyclic amines) is 1. The highest BCUT2D eigenvalue weighted by atomic mass is 32.2. The zero-order valence-electron chi connectivity index (χ0n) is 15.7. The van der Waals surface area contributed by atoms with E-state index >= 15 is 0 Å². The van der Waals surface area contributed by atoms with Crippen molar-refractivity contribution in [3.05, 3.63) is 64.4 Å². The maximum atomic E-state index is 13.0. The summed E-state index contributed by atoms with van der Waals surface area (Å²) in [5, 5.41) is 6.16. The maximum Gasteiger partial charge on any atom is 0.233 e. The fourth-order valence-electron chi connectivity index (χ4n) is 3.84. The van der Waals surface area contributed by atoms with Gasteiger partial charge in [-0.2, -0.15) is 0 Å². The Kier molecular flexibility index (Phi) is 5.35. The third kappa shape index (κ3) is 3.70. The second-order valence-corrected chi connectivity index (χ2v) is 9.73. The number of amides is 1. The van der Waals surface area contributed by atoms with Crippen LogP contribution in [0.15, 0.2) is 64.6 Å². The lowest BCUT2D eigenvalue weighted by Crippen LogP contribution is -2.31. The number of hydrogen-bond acceptors (Lipinski definition) is 6. The summed E-state index contributed by atoms with van der Waals surface area (Å²) in [6, 6.07) is 14.7. The van der Waals surface area contributed by atoms with Gasteiger partial charge in [-0.1, -0.05) is 48.2 Å². The third-order valence-electron chi connectivity index (χ3n) is 5.20. The average Bonchev–Trinajstić information content (AvgIpc) is 3.52. The largest absolute Gasteiger partial charge is 0.334 e. The van der Waals surface area contributed by atoms with Crippen molar-refractivity contribution in [1.29, 1.82) is 0 Å². The zero-order chi connectivity index (χ0) is 19.6. The van der Waals surface area contributed by atoms with Crippen molar-refractivity contribution in [3.63, 3.8) is 0 Å². The topological polar surface area (TPSA) is 46.1 Å². The molecule has 1 aliphatic rings. The Labute approximate surface area is 181 Å². The Bertz CT molecular complexity index is 1120. The summed E-state index contributed by atoms with van der Waals surface area (Å²) in [5.41, 5.74) is 2.29. The lowest BCUT2D eigenvalue weighted by molar-refractivity contribution is -0.129. The predicted molar refractivity (Wildman–Crippen MR) is 122 cm³/mol. The number of nitrogens with zero attached hydrogens (tertiary/aromatic N) is 3. The highest BCUT2D eigenvalue weighted by Gasteiger charge is 2.30. The number of aromatic nitrogens is 2. The first-order valence-electron chi connectivity index (χ1n) is 9.54. The van der Waals surface area contributed by atoms with Crippen LogP contribution in [0.5, 0.6) is 0 Å². The Hall–Kier alpha value is -2.22. The zero-order valence-corrected chi connectivity index (χ0v) is 18.1. The van der Waals surface area contributed by atoms with Gasteiger partial charge in [-0.05, 0) is 29.9 Å². The number of thiophene rings is 2. The van der Waals surface area contributed by atoms with Crippen LogP contribution in [-0.2, 0) is 4.79 Å². The van der Waals surface area contributed by atoms with Crippen LogP contribution in [0.2, 0.25) is 0 Å². The molecule has 0 N–H and O–H groups in total. The van der Waals surface area contributed by atoms with Gasteiger partial charge < -0.3 is 4.90 Å². The van der Waals surface area contributed by atoms with Crippen molar-refractivity contribution in [3.8, 4) is 11.1 Å². The lowest BCUT2D eigenvalue weighted by Gasteiger charge is -2.23. The average molecular weight is 438 g/mol. The summed E-state index contributed by atoms with van der Waals surface area (Å²) in [5.74, 6) is 0.590. The molecule has 1 atom stereocenters. The monoisotopic (exact) mass is 437 g/mol. The van der Waals surface area contributed by atoms with Crippen molar-refractivity contribution < 1.29 is 4.79 Å². The third-order valence-corrected chi connectivity index (χ3v) is 8.03. The van der Waals surface area contributed by atoms with E-state index in [0.29, 0.717) is 5.75 Å². The van der Waals surface area contributed by atoms with Crippen molar-refractivity contribution in [1.82, 2.24) is 14.9 Å². The summed E-state index contributed by atoms with van der Waals surface area (Å²) >= 11 is 4.89. The number of carbonyl (C=O) groups excluding carboxylic acids is 1. The molecule has 0 radical (unpaired) electrons. The minimum atomic E-state index is 0.189. The van der Waals surface area contributed by atoms with Gasteiger partial charge in [-0.25, -0.2) is 9.97 Å². The van der Waals surface area contributed by atoms with Gasteiger partial charge in [0.05, 0.1) is 17.2 Å². The number of benzene rings is 1. The van der Waals surface area contributed by atoms with E-state index in [9.17, 15) is 4.79 Å². The standard InChI is InChI=1S/C22H19N3OS3/c26-19(25-10-4-8-17(25)18-9-5-11-27-18)13-29-22-20-16(15-6-2-1-3-7-15)12-28-21(20)23-14-24-22/h1-3,5-7,9,11-12,14,17H,4,8,10,13H2. The molecule has 3 aromatic heterocycles. The van der Waals surface area contributed by atoms with E-state index in [1.54, 1.807) is 29.0 Å². The van der Waals surface area contributed by atoms with Gasteiger partial charge in [-0.3, -0.25) is 4.79 Å². The molecule has 0 saturated carbocycles. The van der Waals surface area contributed by atoms with E-state index < -0.39 is 0 Å². The molecule has 1 aliphatic heterocycles. The first-order valence-corrected chi connectivity index (χ1v) is 12.3. The predicted octanol–water partition coefficient (Wildman–Crippen LogP) is 5.88. The second kappa shape index (κ2) is 8.26. The highest BCUT2D eigenvalue weighted by molar-refractivity contribution is 8.00. The lowest BCUT2D eigenvalue weighted by atomic mass is 10.1. The number of hydrogen-bond donors (Lipinski definition) is 0. The van der Waals surface area contributed by atoms with Gasteiger partial charge in [0.25, 0.3) is 0 Å².